The van der Waals surface area contributed by atoms with Gasteiger partial charge in [0.15, 0.2) is 0 Å². The van der Waals surface area contributed by atoms with E-state index in [1.165, 1.54) is 6.39 Å². The summed E-state index contributed by atoms with van der Waals surface area (Å²) in [5.41, 5.74) is 7.33. The Bertz CT molecular complexity index is 587. The van der Waals surface area contributed by atoms with Crippen molar-refractivity contribution in [3.8, 4) is 11.4 Å². The molecule has 1 heterocycles. The molecule has 0 bridgehead atoms. The monoisotopic (exact) mass is 286 g/mol. The fraction of sp³-hybridized carbons (Fsp3) is 0.400. The highest BCUT2D eigenvalue weighted by molar-refractivity contribution is 5.94. The molecule has 1 amide bonds. The van der Waals surface area contributed by atoms with E-state index in [1.807, 2.05) is 12.1 Å². The van der Waals surface area contributed by atoms with Gasteiger partial charge in [-0.15, -0.1) is 0 Å². The molecule has 0 aliphatic heterocycles. The van der Waals surface area contributed by atoms with Crippen molar-refractivity contribution in [2.45, 2.75) is 37.8 Å². The standard InChI is InChI=1S/C15H18N4O2/c16-12-5-7-13(8-6-12)18-15(20)11-3-1-10(2-4-11)14-17-9-21-19-14/h1-4,9,12-13H,5-8,16H2,(H,18,20). The van der Waals surface area contributed by atoms with Gasteiger partial charge < -0.3 is 15.6 Å². The molecule has 1 fully saturated rings. The third-order valence-electron chi connectivity index (χ3n) is 3.87. The summed E-state index contributed by atoms with van der Waals surface area (Å²) in [6.45, 7) is 0. The van der Waals surface area contributed by atoms with Crippen molar-refractivity contribution < 1.29 is 9.32 Å². The van der Waals surface area contributed by atoms with Crippen LogP contribution in [0.25, 0.3) is 11.4 Å². The third kappa shape index (κ3) is 3.28. The van der Waals surface area contributed by atoms with Crippen LogP contribution in [-0.2, 0) is 0 Å². The van der Waals surface area contributed by atoms with Crippen molar-refractivity contribution in [3.63, 3.8) is 0 Å². The lowest BCUT2D eigenvalue weighted by atomic mass is 9.91. The molecule has 1 aromatic carbocycles. The Hall–Kier alpha value is -2.21. The van der Waals surface area contributed by atoms with Crippen molar-refractivity contribution in [2.24, 2.45) is 5.73 Å². The van der Waals surface area contributed by atoms with Gasteiger partial charge in [0, 0.05) is 23.2 Å². The summed E-state index contributed by atoms with van der Waals surface area (Å²) in [7, 11) is 0. The lowest BCUT2D eigenvalue weighted by molar-refractivity contribution is 0.0926. The van der Waals surface area contributed by atoms with Gasteiger partial charge in [-0.2, -0.15) is 4.98 Å². The molecule has 1 saturated carbocycles. The number of carbonyl (C=O) groups excluding carboxylic acids is 1. The van der Waals surface area contributed by atoms with Gasteiger partial charge in [0.2, 0.25) is 12.2 Å². The van der Waals surface area contributed by atoms with Gasteiger partial charge >= 0.3 is 0 Å². The first-order valence-corrected chi connectivity index (χ1v) is 7.15. The van der Waals surface area contributed by atoms with Gasteiger partial charge in [0.25, 0.3) is 5.91 Å². The zero-order valence-corrected chi connectivity index (χ0v) is 11.7. The van der Waals surface area contributed by atoms with E-state index in [1.54, 1.807) is 12.1 Å². The summed E-state index contributed by atoms with van der Waals surface area (Å²) in [6.07, 6.45) is 5.13. The molecule has 6 heteroatoms. The number of aromatic nitrogens is 2. The van der Waals surface area contributed by atoms with Crippen LogP contribution in [0.1, 0.15) is 36.0 Å². The molecule has 2 aromatic rings. The minimum absolute atomic E-state index is 0.0462. The molecular formula is C15H18N4O2. The summed E-state index contributed by atoms with van der Waals surface area (Å²) in [6, 6.07) is 7.69. The van der Waals surface area contributed by atoms with E-state index in [0.29, 0.717) is 11.4 Å². The first-order chi connectivity index (χ1) is 10.2. The fourth-order valence-corrected chi connectivity index (χ4v) is 2.60. The number of nitrogens with zero attached hydrogens (tertiary/aromatic N) is 2. The second-order valence-corrected chi connectivity index (χ2v) is 5.42. The minimum atomic E-state index is -0.0462. The second-order valence-electron chi connectivity index (χ2n) is 5.42. The largest absolute Gasteiger partial charge is 0.349 e. The number of nitrogens with two attached hydrogens (primary N) is 1. The van der Waals surface area contributed by atoms with Gasteiger partial charge in [0.1, 0.15) is 0 Å². The van der Waals surface area contributed by atoms with Crippen LogP contribution in [0.5, 0.6) is 0 Å². The predicted octanol–water partition coefficient (Wildman–Crippen LogP) is 1.74. The highest BCUT2D eigenvalue weighted by Gasteiger charge is 2.20. The van der Waals surface area contributed by atoms with Crippen LogP contribution in [0, 0.1) is 0 Å². The summed E-state index contributed by atoms with van der Waals surface area (Å²) in [4.78, 5) is 16.2. The molecule has 0 atom stereocenters. The van der Waals surface area contributed by atoms with Crippen LogP contribution >= 0.6 is 0 Å². The van der Waals surface area contributed by atoms with E-state index in [4.69, 9.17) is 10.3 Å². The smallest absolute Gasteiger partial charge is 0.251 e. The van der Waals surface area contributed by atoms with Gasteiger partial charge in [-0.25, -0.2) is 0 Å². The molecule has 3 rings (SSSR count). The van der Waals surface area contributed by atoms with Crippen molar-refractivity contribution >= 4 is 5.91 Å². The molecule has 0 spiro atoms. The van der Waals surface area contributed by atoms with Crippen LogP contribution in [0.15, 0.2) is 35.2 Å². The Morgan fingerprint density at radius 1 is 1.19 bits per heavy atom. The molecule has 110 valence electrons. The van der Waals surface area contributed by atoms with Crippen LogP contribution < -0.4 is 11.1 Å². The molecule has 21 heavy (non-hydrogen) atoms. The van der Waals surface area contributed by atoms with Crippen LogP contribution in [0.4, 0.5) is 0 Å². The van der Waals surface area contributed by atoms with Crippen LogP contribution in [-0.4, -0.2) is 28.1 Å². The molecule has 1 aliphatic rings. The Kier molecular flexibility index (Phi) is 3.96. The maximum absolute atomic E-state index is 12.2. The first kappa shape index (κ1) is 13.8. The molecule has 0 unspecified atom stereocenters. The van der Waals surface area contributed by atoms with E-state index < -0.39 is 0 Å². The van der Waals surface area contributed by atoms with Crippen molar-refractivity contribution in [1.29, 1.82) is 0 Å². The molecular weight excluding hydrogens is 268 g/mol. The van der Waals surface area contributed by atoms with E-state index >= 15 is 0 Å². The third-order valence-corrected chi connectivity index (χ3v) is 3.87. The highest BCUT2D eigenvalue weighted by Crippen LogP contribution is 2.18. The van der Waals surface area contributed by atoms with Crippen molar-refractivity contribution in [2.75, 3.05) is 0 Å². The Morgan fingerprint density at radius 2 is 1.90 bits per heavy atom. The zero-order chi connectivity index (χ0) is 14.7. The average Bonchev–Trinajstić information content (AvgIpc) is 3.04. The number of nitrogens with one attached hydrogen (secondary N) is 1. The fourth-order valence-electron chi connectivity index (χ4n) is 2.60. The highest BCUT2D eigenvalue weighted by atomic mass is 16.5. The Labute approximate surface area is 122 Å². The summed E-state index contributed by atoms with van der Waals surface area (Å²) < 4.78 is 4.71. The van der Waals surface area contributed by atoms with E-state index in [2.05, 4.69) is 15.5 Å². The summed E-state index contributed by atoms with van der Waals surface area (Å²) in [5, 5.41) is 6.83. The Balaban J connectivity index is 1.62. The SMILES string of the molecule is NC1CCC(NC(=O)c2ccc(-c3ncon3)cc2)CC1. The number of hydrogen-bond acceptors (Lipinski definition) is 5. The lowest BCUT2D eigenvalue weighted by Crippen LogP contribution is -2.40. The summed E-state index contributed by atoms with van der Waals surface area (Å²) >= 11 is 0. The molecule has 0 radical (unpaired) electrons. The lowest BCUT2D eigenvalue weighted by Gasteiger charge is -2.26. The number of benzene rings is 1. The van der Waals surface area contributed by atoms with Crippen molar-refractivity contribution in [1.82, 2.24) is 15.5 Å². The molecule has 6 nitrogen and oxygen atoms in total. The molecule has 1 aliphatic carbocycles. The average molecular weight is 286 g/mol. The second kappa shape index (κ2) is 6.05. The quantitative estimate of drug-likeness (QED) is 0.896. The van der Waals surface area contributed by atoms with E-state index in [9.17, 15) is 4.79 Å². The van der Waals surface area contributed by atoms with E-state index in [-0.39, 0.29) is 18.0 Å². The van der Waals surface area contributed by atoms with Gasteiger partial charge in [0.05, 0.1) is 0 Å². The van der Waals surface area contributed by atoms with Crippen LogP contribution in [0.2, 0.25) is 0 Å². The number of rotatable bonds is 3. The van der Waals surface area contributed by atoms with Gasteiger partial charge in [-0.3, -0.25) is 4.79 Å². The molecule has 3 N–H and O–H groups in total. The van der Waals surface area contributed by atoms with Crippen molar-refractivity contribution in [3.05, 3.63) is 36.2 Å². The summed E-state index contributed by atoms with van der Waals surface area (Å²) in [5.74, 6) is 0.471. The Morgan fingerprint density at radius 3 is 2.52 bits per heavy atom. The normalized spacial score (nSPS) is 22.0. The van der Waals surface area contributed by atoms with Gasteiger partial charge in [-0.05, 0) is 37.8 Å². The maximum Gasteiger partial charge on any atom is 0.251 e. The minimum Gasteiger partial charge on any atom is -0.349 e. The molecule has 1 aromatic heterocycles. The van der Waals surface area contributed by atoms with Crippen LogP contribution in [0.3, 0.4) is 0 Å². The topological polar surface area (TPSA) is 94.0 Å². The van der Waals surface area contributed by atoms with E-state index in [0.717, 1.165) is 31.2 Å². The van der Waals surface area contributed by atoms with Gasteiger partial charge in [-0.1, -0.05) is 17.3 Å². The number of hydrogen-bond donors (Lipinski definition) is 2. The molecule has 0 saturated heterocycles. The predicted molar refractivity (Wildman–Crippen MR) is 77.4 cm³/mol. The number of amides is 1. The first-order valence-electron chi connectivity index (χ1n) is 7.15. The zero-order valence-electron chi connectivity index (χ0n) is 11.7. The number of carbonyl (C=O) groups is 1. The maximum atomic E-state index is 12.2.